The Morgan fingerprint density at radius 3 is 2.27 bits per heavy atom. The maximum atomic E-state index is 13.5. The Morgan fingerprint density at radius 1 is 0.946 bits per heavy atom. The Hall–Kier alpha value is -3.94. The molecular formula is C29H31F2NO5. The Morgan fingerprint density at radius 2 is 1.65 bits per heavy atom. The van der Waals surface area contributed by atoms with Crippen LogP contribution in [0.3, 0.4) is 0 Å². The average Bonchev–Trinajstić information content (AvgIpc) is 2.86. The van der Waals surface area contributed by atoms with Crippen molar-refractivity contribution in [2.24, 2.45) is 5.92 Å². The highest BCUT2D eigenvalue weighted by atomic mass is 19.3. The third kappa shape index (κ3) is 8.90. The lowest BCUT2D eigenvalue weighted by atomic mass is 9.95. The molecule has 1 amide bonds. The lowest BCUT2D eigenvalue weighted by molar-refractivity contribution is -0.136. The van der Waals surface area contributed by atoms with Gasteiger partial charge in [0.2, 0.25) is 0 Å². The third-order valence-electron chi connectivity index (χ3n) is 5.70. The van der Waals surface area contributed by atoms with Gasteiger partial charge >= 0.3 is 12.6 Å². The van der Waals surface area contributed by atoms with Crippen molar-refractivity contribution < 1.29 is 33.0 Å². The van der Waals surface area contributed by atoms with Crippen LogP contribution in [0.15, 0.2) is 72.8 Å². The van der Waals surface area contributed by atoms with Crippen LogP contribution in [0, 0.1) is 5.92 Å². The summed E-state index contributed by atoms with van der Waals surface area (Å²) < 4.78 is 35.3. The Balaban J connectivity index is 1.84. The summed E-state index contributed by atoms with van der Waals surface area (Å²) in [5.41, 5.74) is 2.51. The molecule has 0 spiro atoms. The SMILES string of the molecule is CC(C)CC(NC(=O)c1cc(COc2ccccc2)ccc1CCC(=O)O)c1ccc(OC(F)F)cc1. The molecule has 196 valence electrons. The Bertz CT molecular complexity index is 1170. The maximum absolute atomic E-state index is 13.5. The number of para-hydroxylation sites is 1. The van der Waals surface area contributed by atoms with E-state index < -0.39 is 12.6 Å². The van der Waals surface area contributed by atoms with Crippen LogP contribution < -0.4 is 14.8 Å². The van der Waals surface area contributed by atoms with Gasteiger partial charge in [-0.15, -0.1) is 0 Å². The standard InChI is InChI=1S/C29H31F2NO5/c1-19(2)16-26(22-10-13-24(14-11-22)37-29(30)31)32-28(35)25-17-20(8-9-21(25)12-15-27(33)34)18-36-23-6-4-3-5-7-23/h3-11,13-14,17,19,26,29H,12,15-16,18H2,1-2H3,(H,32,35)(H,33,34). The molecule has 3 aromatic rings. The fraction of sp³-hybridized carbons (Fsp3) is 0.310. The number of aryl methyl sites for hydroxylation is 1. The molecule has 37 heavy (non-hydrogen) atoms. The van der Waals surface area contributed by atoms with Crippen LogP contribution in [-0.2, 0) is 17.8 Å². The predicted octanol–water partition coefficient (Wildman–Crippen LogP) is 6.40. The van der Waals surface area contributed by atoms with Crippen molar-refractivity contribution in [2.75, 3.05) is 0 Å². The highest BCUT2D eigenvalue weighted by molar-refractivity contribution is 5.96. The average molecular weight is 512 g/mol. The molecule has 1 atom stereocenters. The van der Waals surface area contributed by atoms with Crippen molar-refractivity contribution in [3.05, 3.63) is 95.1 Å². The number of carboxylic acids is 1. The van der Waals surface area contributed by atoms with Crippen LogP contribution in [-0.4, -0.2) is 23.6 Å². The van der Waals surface area contributed by atoms with E-state index in [0.717, 1.165) is 11.1 Å². The zero-order valence-electron chi connectivity index (χ0n) is 20.8. The first-order valence-electron chi connectivity index (χ1n) is 12.1. The molecule has 0 saturated heterocycles. The molecule has 0 aliphatic rings. The summed E-state index contributed by atoms with van der Waals surface area (Å²) in [6.45, 7) is 1.37. The number of amides is 1. The summed E-state index contributed by atoms with van der Waals surface area (Å²) in [5, 5.41) is 12.2. The van der Waals surface area contributed by atoms with Gasteiger partial charge in [-0.2, -0.15) is 8.78 Å². The minimum atomic E-state index is -2.92. The van der Waals surface area contributed by atoms with Crippen molar-refractivity contribution >= 4 is 11.9 Å². The fourth-order valence-electron chi connectivity index (χ4n) is 3.94. The summed E-state index contributed by atoms with van der Waals surface area (Å²) in [7, 11) is 0. The number of nitrogens with one attached hydrogen (secondary N) is 1. The fourth-order valence-corrected chi connectivity index (χ4v) is 3.94. The summed E-state index contributed by atoms with van der Waals surface area (Å²) >= 11 is 0. The lowest BCUT2D eigenvalue weighted by Gasteiger charge is -2.22. The third-order valence-corrected chi connectivity index (χ3v) is 5.70. The zero-order chi connectivity index (χ0) is 26.8. The number of halogens is 2. The Labute approximate surface area is 215 Å². The van der Waals surface area contributed by atoms with Crippen molar-refractivity contribution in [3.8, 4) is 11.5 Å². The first-order chi connectivity index (χ1) is 17.7. The number of carbonyl (C=O) groups is 2. The van der Waals surface area contributed by atoms with Crippen molar-refractivity contribution in [2.45, 2.75) is 52.4 Å². The van der Waals surface area contributed by atoms with Crippen LogP contribution in [0.4, 0.5) is 8.78 Å². The van der Waals surface area contributed by atoms with Crippen LogP contribution >= 0.6 is 0 Å². The number of alkyl halides is 2. The van der Waals surface area contributed by atoms with E-state index in [9.17, 15) is 18.4 Å². The maximum Gasteiger partial charge on any atom is 0.387 e. The molecule has 1 unspecified atom stereocenters. The van der Waals surface area contributed by atoms with Gasteiger partial charge in [-0.3, -0.25) is 9.59 Å². The van der Waals surface area contributed by atoms with Crippen molar-refractivity contribution in [1.29, 1.82) is 0 Å². The molecule has 0 radical (unpaired) electrons. The number of hydrogen-bond acceptors (Lipinski definition) is 4. The lowest BCUT2D eigenvalue weighted by Crippen LogP contribution is -2.30. The number of benzene rings is 3. The van der Waals surface area contributed by atoms with Crippen LogP contribution in [0.25, 0.3) is 0 Å². The predicted molar refractivity (Wildman–Crippen MR) is 136 cm³/mol. The van der Waals surface area contributed by atoms with Gasteiger partial charge < -0.3 is 19.9 Å². The number of rotatable bonds is 13. The minimum absolute atomic E-state index is 0.0375. The van der Waals surface area contributed by atoms with Crippen molar-refractivity contribution in [1.82, 2.24) is 5.32 Å². The summed E-state index contributed by atoms with van der Waals surface area (Å²) in [6.07, 6.45) is 0.704. The molecule has 0 bridgehead atoms. The van der Waals surface area contributed by atoms with E-state index in [0.29, 0.717) is 23.3 Å². The molecule has 3 rings (SSSR count). The Kier molecular flexibility index (Phi) is 10.0. The molecule has 0 aromatic heterocycles. The van der Waals surface area contributed by atoms with Crippen LogP contribution in [0.1, 0.15) is 59.8 Å². The first kappa shape index (κ1) is 27.6. The van der Waals surface area contributed by atoms with Gasteiger partial charge in [0.05, 0.1) is 6.04 Å². The molecule has 0 heterocycles. The molecule has 6 nitrogen and oxygen atoms in total. The van der Waals surface area contributed by atoms with E-state index in [1.54, 1.807) is 24.3 Å². The van der Waals surface area contributed by atoms with E-state index in [1.807, 2.05) is 50.2 Å². The van der Waals surface area contributed by atoms with Gasteiger partial charge in [0, 0.05) is 12.0 Å². The van der Waals surface area contributed by atoms with Gasteiger partial charge in [-0.25, -0.2) is 0 Å². The number of hydrogen-bond donors (Lipinski definition) is 2. The van der Waals surface area contributed by atoms with E-state index in [4.69, 9.17) is 9.84 Å². The molecule has 0 aliphatic carbocycles. The van der Waals surface area contributed by atoms with E-state index in [2.05, 4.69) is 10.1 Å². The van der Waals surface area contributed by atoms with E-state index in [-0.39, 0.29) is 43.1 Å². The molecule has 0 fully saturated rings. The second-order valence-corrected chi connectivity index (χ2v) is 9.09. The number of ether oxygens (including phenoxy) is 2. The van der Waals surface area contributed by atoms with E-state index in [1.165, 1.54) is 12.1 Å². The van der Waals surface area contributed by atoms with Crippen LogP contribution in [0.5, 0.6) is 11.5 Å². The highest BCUT2D eigenvalue weighted by Gasteiger charge is 2.20. The minimum Gasteiger partial charge on any atom is -0.489 e. The largest absolute Gasteiger partial charge is 0.489 e. The van der Waals surface area contributed by atoms with Crippen LogP contribution in [0.2, 0.25) is 0 Å². The van der Waals surface area contributed by atoms with Gasteiger partial charge in [0.15, 0.2) is 0 Å². The number of aliphatic carboxylic acids is 1. The second kappa shape index (κ2) is 13.4. The smallest absolute Gasteiger partial charge is 0.387 e. The van der Waals surface area contributed by atoms with E-state index >= 15 is 0 Å². The molecule has 2 N–H and O–H groups in total. The zero-order valence-corrected chi connectivity index (χ0v) is 20.8. The summed E-state index contributed by atoms with van der Waals surface area (Å²) in [4.78, 5) is 24.7. The molecular weight excluding hydrogens is 480 g/mol. The van der Waals surface area contributed by atoms with Crippen molar-refractivity contribution in [3.63, 3.8) is 0 Å². The summed E-state index contributed by atoms with van der Waals surface area (Å²) in [5.74, 6) is -0.332. The number of carboxylic acid groups (broad SMARTS) is 1. The van der Waals surface area contributed by atoms with Gasteiger partial charge in [0.1, 0.15) is 18.1 Å². The first-order valence-corrected chi connectivity index (χ1v) is 12.1. The second-order valence-electron chi connectivity index (χ2n) is 9.09. The molecule has 0 saturated carbocycles. The highest BCUT2D eigenvalue weighted by Crippen LogP contribution is 2.26. The molecule has 8 heteroatoms. The molecule has 3 aromatic carbocycles. The van der Waals surface area contributed by atoms with Gasteiger partial charge in [0.25, 0.3) is 5.91 Å². The normalized spacial score (nSPS) is 11.8. The number of carbonyl (C=O) groups excluding carboxylic acids is 1. The topological polar surface area (TPSA) is 84.9 Å². The molecule has 0 aliphatic heterocycles. The van der Waals surface area contributed by atoms with Gasteiger partial charge in [-0.05, 0) is 65.8 Å². The quantitative estimate of drug-likeness (QED) is 0.277. The monoisotopic (exact) mass is 511 g/mol. The summed E-state index contributed by atoms with van der Waals surface area (Å²) in [6, 6.07) is 20.4. The van der Waals surface area contributed by atoms with Gasteiger partial charge in [-0.1, -0.05) is 56.3 Å².